The zero-order valence-corrected chi connectivity index (χ0v) is 15.0. The maximum Gasteiger partial charge on any atom is 0.254 e. The fourth-order valence-corrected chi connectivity index (χ4v) is 3.45. The van der Waals surface area contributed by atoms with Gasteiger partial charge in [-0.3, -0.25) is 0 Å². The van der Waals surface area contributed by atoms with Gasteiger partial charge in [-0.15, -0.1) is 0 Å². The number of nitrogens with one attached hydrogen (secondary N) is 1. The number of rotatable bonds is 4. The molecular formula is C16H20N6OS. The summed E-state index contributed by atoms with van der Waals surface area (Å²) in [5, 5.41) is 4.27. The van der Waals surface area contributed by atoms with Crippen LogP contribution in [0.2, 0.25) is 0 Å². The van der Waals surface area contributed by atoms with E-state index in [1.54, 1.807) is 10.6 Å². The van der Waals surface area contributed by atoms with Crippen LogP contribution in [-0.4, -0.2) is 44.1 Å². The Morgan fingerprint density at radius 2 is 2.08 bits per heavy atom. The van der Waals surface area contributed by atoms with Crippen LogP contribution in [0.1, 0.15) is 16.8 Å². The molecular weight excluding hydrogens is 324 g/mol. The smallest absolute Gasteiger partial charge is 0.254 e. The quantitative estimate of drug-likeness (QED) is 0.783. The van der Waals surface area contributed by atoms with E-state index in [1.165, 1.54) is 12.6 Å². The van der Waals surface area contributed by atoms with Crippen molar-refractivity contribution in [2.45, 2.75) is 18.2 Å². The normalized spacial score (nSPS) is 13.8. The molecule has 0 fully saturated rings. The van der Waals surface area contributed by atoms with Gasteiger partial charge in [0.1, 0.15) is 12.1 Å². The van der Waals surface area contributed by atoms with Crippen LogP contribution in [0.25, 0.3) is 5.78 Å². The topological polar surface area (TPSA) is 87.2 Å². The molecule has 0 aliphatic carbocycles. The molecule has 1 unspecified atom stereocenters. The standard InChI is InChI=1S/C16H20N6OS/c1-11-14(9-12-6-5-7-13(8-12)24(4,17)23)15(21(2)3)22-16(20-11)18-10-19-22/h5-8,10,17H,9H2,1-4H3. The average Bonchev–Trinajstić information content (AvgIpc) is 2.94. The number of aromatic nitrogens is 4. The second-order valence-electron chi connectivity index (χ2n) is 6.03. The van der Waals surface area contributed by atoms with E-state index in [0.29, 0.717) is 17.1 Å². The van der Waals surface area contributed by atoms with E-state index >= 15 is 0 Å². The number of anilines is 1. The summed E-state index contributed by atoms with van der Waals surface area (Å²) in [6.45, 7) is 1.95. The molecule has 0 spiro atoms. The number of nitrogens with zero attached hydrogens (tertiary/aromatic N) is 5. The van der Waals surface area contributed by atoms with Crippen molar-refractivity contribution in [1.29, 1.82) is 4.78 Å². The van der Waals surface area contributed by atoms with Crippen LogP contribution in [0.5, 0.6) is 0 Å². The first-order valence-electron chi connectivity index (χ1n) is 7.46. The Morgan fingerprint density at radius 1 is 1.33 bits per heavy atom. The molecule has 1 aromatic carbocycles. The summed E-state index contributed by atoms with van der Waals surface area (Å²) >= 11 is 0. The van der Waals surface area contributed by atoms with Crippen LogP contribution >= 0.6 is 0 Å². The van der Waals surface area contributed by atoms with Gasteiger partial charge in [0.2, 0.25) is 0 Å². The number of hydrogen-bond donors (Lipinski definition) is 1. The molecule has 0 amide bonds. The van der Waals surface area contributed by atoms with Crippen LogP contribution < -0.4 is 4.90 Å². The number of hydrogen-bond acceptors (Lipinski definition) is 6. The minimum absolute atomic E-state index is 0.541. The van der Waals surface area contributed by atoms with Crippen molar-refractivity contribution in [2.24, 2.45) is 0 Å². The summed E-state index contributed by atoms with van der Waals surface area (Å²) < 4.78 is 21.5. The van der Waals surface area contributed by atoms with Crippen LogP contribution in [0, 0.1) is 11.7 Å². The zero-order chi connectivity index (χ0) is 17.5. The Hall–Kier alpha value is -2.48. The minimum atomic E-state index is -2.73. The van der Waals surface area contributed by atoms with Crippen LogP contribution in [0.15, 0.2) is 35.5 Å². The molecule has 1 N–H and O–H groups in total. The van der Waals surface area contributed by atoms with Crippen LogP contribution in [-0.2, 0) is 16.1 Å². The molecule has 0 radical (unpaired) electrons. The maximum atomic E-state index is 12.0. The van der Waals surface area contributed by atoms with Crippen molar-refractivity contribution in [3.05, 3.63) is 47.4 Å². The van der Waals surface area contributed by atoms with Crippen molar-refractivity contribution in [2.75, 3.05) is 25.3 Å². The average molecular weight is 344 g/mol. The number of fused-ring (bicyclic) bond motifs is 1. The molecule has 126 valence electrons. The van der Waals surface area contributed by atoms with Gasteiger partial charge in [-0.1, -0.05) is 12.1 Å². The fourth-order valence-electron chi connectivity index (χ4n) is 2.74. The third-order valence-electron chi connectivity index (χ3n) is 3.86. The fraction of sp³-hybridized carbons (Fsp3) is 0.312. The van der Waals surface area contributed by atoms with E-state index in [2.05, 4.69) is 15.1 Å². The number of benzene rings is 1. The van der Waals surface area contributed by atoms with Crippen molar-refractivity contribution in [3.8, 4) is 0 Å². The highest BCUT2D eigenvalue weighted by Crippen LogP contribution is 2.25. The molecule has 0 saturated heterocycles. The van der Waals surface area contributed by atoms with Gasteiger partial charge in [-0.05, 0) is 24.6 Å². The van der Waals surface area contributed by atoms with E-state index < -0.39 is 9.73 Å². The van der Waals surface area contributed by atoms with Crippen LogP contribution in [0.3, 0.4) is 0 Å². The van der Waals surface area contributed by atoms with E-state index in [-0.39, 0.29) is 0 Å². The molecule has 1 atom stereocenters. The van der Waals surface area contributed by atoms with Gasteiger partial charge in [0.05, 0.1) is 9.73 Å². The molecule has 8 heteroatoms. The third kappa shape index (κ3) is 2.96. The number of aryl methyl sites for hydroxylation is 1. The summed E-state index contributed by atoms with van der Waals surface area (Å²) in [4.78, 5) is 11.2. The SMILES string of the molecule is Cc1nc2ncnn2c(N(C)C)c1Cc1cccc(S(C)(=N)=O)c1. The van der Waals surface area contributed by atoms with E-state index in [9.17, 15) is 4.21 Å². The molecule has 7 nitrogen and oxygen atoms in total. The van der Waals surface area contributed by atoms with Gasteiger partial charge < -0.3 is 4.90 Å². The first-order valence-corrected chi connectivity index (χ1v) is 9.43. The second-order valence-corrected chi connectivity index (χ2v) is 8.19. The predicted molar refractivity (Wildman–Crippen MR) is 94.1 cm³/mol. The largest absolute Gasteiger partial charge is 0.362 e. The summed E-state index contributed by atoms with van der Waals surface area (Å²) in [5.41, 5.74) is 2.90. The van der Waals surface area contributed by atoms with Gasteiger partial charge in [-0.2, -0.15) is 14.6 Å². The first kappa shape index (κ1) is 16.4. The molecule has 2 heterocycles. The van der Waals surface area contributed by atoms with E-state index in [1.807, 2.05) is 44.1 Å². The van der Waals surface area contributed by atoms with Crippen molar-refractivity contribution in [3.63, 3.8) is 0 Å². The Labute approximate surface area is 141 Å². The summed E-state index contributed by atoms with van der Waals surface area (Å²) in [7, 11) is 1.18. The van der Waals surface area contributed by atoms with Gasteiger partial charge >= 0.3 is 0 Å². The molecule has 3 rings (SSSR count). The highest BCUT2D eigenvalue weighted by atomic mass is 32.2. The summed E-state index contributed by atoms with van der Waals surface area (Å²) in [6, 6.07) is 7.38. The summed E-state index contributed by atoms with van der Waals surface area (Å²) in [6.07, 6.45) is 3.54. The highest BCUT2D eigenvalue weighted by Gasteiger charge is 2.17. The van der Waals surface area contributed by atoms with Crippen molar-refractivity contribution >= 4 is 21.3 Å². The Morgan fingerprint density at radius 3 is 2.75 bits per heavy atom. The molecule has 24 heavy (non-hydrogen) atoms. The van der Waals surface area contributed by atoms with Gasteiger partial charge in [0.15, 0.2) is 0 Å². The lowest BCUT2D eigenvalue weighted by atomic mass is 10.0. The van der Waals surface area contributed by atoms with Gasteiger partial charge in [0.25, 0.3) is 5.78 Å². The molecule has 0 aliphatic heterocycles. The third-order valence-corrected chi connectivity index (χ3v) is 5.01. The van der Waals surface area contributed by atoms with Crippen molar-refractivity contribution < 1.29 is 4.21 Å². The van der Waals surface area contributed by atoms with E-state index in [0.717, 1.165) is 22.6 Å². The maximum absolute atomic E-state index is 12.0. The monoisotopic (exact) mass is 344 g/mol. The molecule has 0 bridgehead atoms. The van der Waals surface area contributed by atoms with Gasteiger partial charge in [0, 0.05) is 42.9 Å². The minimum Gasteiger partial charge on any atom is -0.362 e. The van der Waals surface area contributed by atoms with Gasteiger partial charge in [-0.25, -0.2) is 14.0 Å². The first-order chi connectivity index (χ1) is 11.3. The molecule has 0 aliphatic rings. The lowest BCUT2D eigenvalue weighted by Gasteiger charge is -2.20. The Kier molecular flexibility index (Phi) is 4.00. The lowest BCUT2D eigenvalue weighted by Crippen LogP contribution is -2.18. The second kappa shape index (κ2) is 5.86. The van der Waals surface area contributed by atoms with Crippen LogP contribution in [0.4, 0.5) is 5.82 Å². The summed E-state index contributed by atoms with van der Waals surface area (Å²) in [5.74, 6) is 1.49. The molecule has 3 aromatic rings. The molecule has 2 aromatic heterocycles. The van der Waals surface area contributed by atoms with Crippen molar-refractivity contribution in [1.82, 2.24) is 19.6 Å². The predicted octanol–water partition coefficient (Wildman–Crippen LogP) is 2.12. The Balaban J connectivity index is 2.14. The zero-order valence-electron chi connectivity index (χ0n) is 14.1. The molecule has 0 saturated carbocycles. The highest BCUT2D eigenvalue weighted by molar-refractivity contribution is 7.91. The Bertz CT molecular complexity index is 1010. The van der Waals surface area contributed by atoms with E-state index in [4.69, 9.17) is 4.78 Å². The lowest BCUT2D eigenvalue weighted by molar-refractivity contribution is 0.679.